The second-order valence-corrected chi connectivity index (χ2v) is 2.72. The maximum atomic E-state index is 4.76. The Hall–Kier alpha value is -0.800. The van der Waals surface area contributed by atoms with Gasteiger partial charge < -0.3 is 5.43 Å². The Balaban J connectivity index is 0.000000490. The molecule has 0 unspecified atom stereocenters. The van der Waals surface area contributed by atoms with Crippen molar-refractivity contribution in [1.82, 2.24) is 10.9 Å². The summed E-state index contributed by atoms with van der Waals surface area (Å²) in [7, 11) is 0. The number of hydrogen-bond donors (Lipinski definition) is 2. The van der Waals surface area contributed by atoms with Gasteiger partial charge in [0.15, 0.2) is 0 Å². The molecular formula is C3H5HsN2S2-. The first kappa shape index (κ1) is 7.20. The molecule has 2 nitrogen and oxygen atoms in total. The summed E-state index contributed by atoms with van der Waals surface area (Å²) in [5.41, 5.74) is 5.66. The van der Waals surface area contributed by atoms with Crippen LogP contribution in [0.5, 0.6) is 0 Å². The van der Waals surface area contributed by atoms with E-state index in [1.54, 1.807) is 11.8 Å². The normalized spacial score (nSPS) is 18.8. The van der Waals surface area contributed by atoms with Crippen molar-refractivity contribution in [3.05, 3.63) is 5.75 Å². The number of thioether (sulfide) groups is 1. The summed E-state index contributed by atoms with van der Waals surface area (Å²) in [5.74, 6) is 2.01. The van der Waals surface area contributed by atoms with Gasteiger partial charge in [0.25, 0.3) is 0 Å². The zero-order chi connectivity index (χ0) is 5.11. The molecule has 1 fully saturated rings. The predicted octanol–water partition coefficient (Wildman–Crippen LogP) is 0.274. The molecule has 0 aromatic carbocycles. The molecule has 0 aromatic heterocycles. The number of thiocarbonyl (C=S) groups is 1. The molecule has 1 aliphatic rings. The maximum absolute atomic E-state index is 4.76. The van der Waals surface area contributed by atoms with E-state index in [1.165, 1.54) is 0 Å². The molecule has 1 heterocycles. The van der Waals surface area contributed by atoms with Crippen LogP contribution in [0.25, 0.3) is 0 Å². The molecule has 0 amide bonds. The van der Waals surface area contributed by atoms with E-state index in [0.717, 1.165) is 10.9 Å². The molecule has 42 valence electrons. The van der Waals surface area contributed by atoms with Gasteiger partial charge in [-0.2, -0.15) is 0 Å². The van der Waals surface area contributed by atoms with Crippen LogP contribution < -0.4 is 10.9 Å². The molecule has 0 spiro atoms. The Morgan fingerprint density at radius 2 is 2.50 bits per heavy atom. The molecule has 0 radical (unpaired) electrons. The van der Waals surface area contributed by atoms with Crippen LogP contribution >= 0.6 is 24.0 Å². The number of nitrogens with one attached hydrogen (secondary N) is 2. The van der Waals surface area contributed by atoms with Crippen molar-refractivity contribution in [1.29, 1.82) is 0 Å². The van der Waals surface area contributed by atoms with Crippen LogP contribution in [0.15, 0.2) is 0 Å². The zero-order valence-corrected chi connectivity index (χ0v) is 12.5. The van der Waals surface area contributed by atoms with Crippen molar-refractivity contribution in [3.63, 3.8) is 0 Å². The van der Waals surface area contributed by atoms with Crippen LogP contribution in [-0.4, -0.2) is 10.9 Å². The average Bonchev–Trinajstić information content (AvgIpc) is 1.69. The monoisotopic (exact) mass is 402 g/mol. The first-order valence-electron chi connectivity index (χ1n) is 1.91. The van der Waals surface area contributed by atoms with E-state index in [4.69, 9.17) is 12.2 Å². The van der Waals surface area contributed by atoms with Gasteiger partial charge in [-0.15, -0.1) is 6.54 Å². The zero-order valence-electron chi connectivity index (χ0n) is 4.31. The van der Waals surface area contributed by atoms with Gasteiger partial charge in [-0.1, -0.05) is 12.2 Å². The summed E-state index contributed by atoms with van der Waals surface area (Å²) < 4.78 is 0.797. The third-order valence-electron chi connectivity index (χ3n) is 0.566. The molecule has 0 saturated carbocycles. The van der Waals surface area contributed by atoms with Crippen LogP contribution in [0.3, 0.4) is 0 Å². The van der Waals surface area contributed by atoms with E-state index in [0.29, 0.717) is 0 Å². The Bertz CT molecular complexity index is 79.4. The molecule has 8 heavy (non-hydrogen) atoms. The quantitative estimate of drug-likeness (QED) is 0.449. The van der Waals surface area contributed by atoms with Gasteiger partial charge in [0, 0.05) is 0 Å². The van der Waals surface area contributed by atoms with E-state index in [9.17, 15) is 0 Å². The average molecular weight is 402 g/mol. The Morgan fingerprint density at radius 3 is 2.75 bits per heavy atom. The fourth-order valence-corrected chi connectivity index (χ4v) is 1.04. The van der Waals surface area contributed by atoms with Crippen molar-refractivity contribution >= 4 is 28.3 Å². The first-order valence-corrected chi connectivity index (χ1v) is 3.19. The molecule has 2 N–H and O–H groups in total. The van der Waals surface area contributed by atoms with Gasteiger partial charge >= 0.3 is 0 Å². The summed E-state index contributed by atoms with van der Waals surface area (Å²) in [6.07, 6.45) is 0. The number of hydrogen-bond acceptors (Lipinski definition) is 3. The second-order valence-electron chi connectivity index (χ2n) is 1.08. The van der Waals surface area contributed by atoms with Crippen molar-refractivity contribution in [2.45, 2.75) is 0 Å². The minimum Gasteiger partial charge on any atom is -0.311 e. The number of hydrazine groups is 1. The van der Waals surface area contributed by atoms with Gasteiger partial charge in [0.1, 0.15) is 4.32 Å². The van der Waals surface area contributed by atoms with E-state index in [1.807, 2.05) is 5.75 Å². The van der Waals surface area contributed by atoms with Crippen molar-refractivity contribution < 1.29 is 0 Å². The molecule has 0 atom stereocenters. The Labute approximate surface area is 52.0 Å². The Kier molecular flexibility index (Phi) is 2.91. The van der Waals surface area contributed by atoms with Crippen molar-refractivity contribution in [2.75, 3.05) is 6.54 Å². The molecule has 0 aromatic rings. The summed E-state index contributed by atoms with van der Waals surface area (Å²) in [6.45, 7) is 0.880. The molecule has 1 aliphatic heterocycles. The van der Waals surface area contributed by atoms with E-state index >= 15 is 0 Å². The van der Waals surface area contributed by atoms with E-state index in [2.05, 4.69) is 10.9 Å². The standard InChI is InChI=1S/C3H5N2S2.Hs/c6-3-5-4-1-2-7-3;/h2,4H,1H2,(H,5,6);/q-1;. The summed E-state index contributed by atoms with van der Waals surface area (Å²) >= 11 is 6.31. The van der Waals surface area contributed by atoms with Crippen LogP contribution in [0, 0.1) is 5.75 Å². The van der Waals surface area contributed by atoms with Crippen molar-refractivity contribution in [3.8, 4) is 0 Å². The summed E-state index contributed by atoms with van der Waals surface area (Å²) in [6, 6.07) is 0. The predicted molar refractivity (Wildman–Crippen MR) is 35.6 cm³/mol. The van der Waals surface area contributed by atoms with Crippen LogP contribution in [0.4, 0.5) is 0 Å². The molecule has 0 aliphatic carbocycles. The molecule has 1 rings (SSSR count). The largest absolute Gasteiger partial charge is 0.311 e. The minimum atomic E-state index is 0. The molecule has 1 saturated heterocycles. The first-order chi connectivity index (χ1) is 3.39. The van der Waals surface area contributed by atoms with Gasteiger partial charge in [-0.05, 0) is 0 Å². The van der Waals surface area contributed by atoms with E-state index < -0.39 is 0 Å². The fourth-order valence-electron chi connectivity index (χ4n) is 0.312. The SMILES string of the molecule is S=C1NNC[CH-]S1.[Hs]. The topological polar surface area (TPSA) is 24.1 Å². The summed E-state index contributed by atoms with van der Waals surface area (Å²) in [5, 5.41) is 0. The third-order valence-corrected chi connectivity index (χ3v) is 1.61. The van der Waals surface area contributed by atoms with Gasteiger partial charge in [0.05, 0.1) is 0 Å². The fraction of sp³-hybridized carbons (Fsp3) is 0.333. The molecule has 0 bridgehead atoms. The van der Waals surface area contributed by atoms with E-state index in [-0.39, 0.29) is 0 Å². The van der Waals surface area contributed by atoms with Gasteiger partial charge in [-0.3, -0.25) is 22.9 Å². The van der Waals surface area contributed by atoms with Crippen molar-refractivity contribution in [2.24, 2.45) is 0 Å². The van der Waals surface area contributed by atoms with Crippen LogP contribution in [-0.2, 0) is 0 Å². The summed E-state index contributed by atoms with van der Waals surface area (Å²) in [4.78, 5) is 0. The Morgan fingerprint density at radius 1 is 1.75 bits per heavy atom. The van der Waals surface area contributed by atoms with Crippen LogP contribution in [0.2, 0.25) is 0 Å². The van der Waals surface area contributed by atoms with Crippen LogP contribution in [0.1, 0.15) is 0 Å². The third kappa shape index (κ3) is 1.77. The minimum absolute atomic E-state index is 0. The van der Waals surface area contributed by atoms with Gasteiger partial charge in [0.2, 0.25) is 0 Å². The molecule has 5 heteroatoms. The number of rotatable bonds is 0. The van der Waals surface area contributed by atoms with Gasteiger partial charge in [-0.25, -0.2) is 0 Å². The molecular weight excluding hydrogens is 397 g/mol. The maximum Gasteiger partial charge on any atom is 0.115 e. The smallest absolute Gasteiger partial charge is 0.115 e. The second kappa shape index (κ2) is 3.23.